The average Bonchev–Trinajstić information content (AvgIpc) is 2.81. The maximum absolute atomic E-state index is 11.2. The molecule has 0 aliphatic heterocycles. The van der Waals surface area contributed by atoms with Crippen molar-refractivity contribution < 1.29 is 9.53 Å². The number of halogens is 1. The van der Waals surface area contributed by atoms with Crippen molar-refractivity contribution in [2.75, 3.05) is 11.9 Å². The lowest BCUT2D eigenvalue weighted by Crippen LogP contribution is -2.34. The highest BCUT2D eigenvalue weighted by Gasteiger charge is 2.15. The van der Waals surface area contributed by atoms with Gasteiger partial charge in [-0.2, -0.15) is 10.2 Å². The molecule has 10 heteroatoms. The minimum absolute atomic E-state index is 0.0753. The maximum atomic E-state index is 11.2. The van der Waals surface area contributed by atoms with E-state index < -0.39 is 6.09 Å². The minimum Gasteiger partial charge on any atom is -0.450 e. The van der Waals surface area contributed by atoms with E-state index in [1.54, 1.807) is 25.3 Å². The highest BCUT2D eigenvalue weighted by Crippen LogP contribution is 2.30. The van der Waals surface area contributed by atoms with E-state index in [4.69, 9.17) is 17.0 Å². The first-order chi connectivity index (χ1) is 10.1. The van der Waals surface area contributed by atoms with Crippen LogP contribution in [0.1, 0.15) is 6.92 Å². The van der Waals surface area contributed by atoms with Gasteiger partial charge >= 0.3 is 6.09 Å². The smallest absolute Gasteiger partial charge is 0.413 e. The number of nitrogens with zero attached hydrogens (tertiary/aromatic N) is 3. The number of hydrogen-bond donors (Lipinski definition) is 3. The first-order valence-electron chi connectivity index (χ1n) is 5.88. The second kappa shape index (κ2) is 7.09. The SMILES string of the molecule is CCOC(=O)NC(=S)Nc1n[nH]c(-c2cccnn2)c1Br. The molecule has 0 saturated carbocycles. The van der Waals surface area contributed by atoms with Gasteiger partial charge < -0.3 is 10.1 Å². The summed E-state index contributed by atoms with van der Waals surface area (Å²) in [4.78, 5) is 11.2. The van der Waals surface area contributed by atoms with E-state index in [0.717, 1.165) is 0 Å². The van der Waals surface area contributed by atoms with Crippen LogP contribution < -0.4 is 10.6 Å². The number of aromatic amines is 1. The molecule has 0 aliphatic rings. The molecule has 21 heavy (non-hydrogen) atoms. The summed E-state index contributed by atoms with van der Waals surface area (Å²) in [6.07, 6.45) is 0.946. The number of ether oxygens (including phenoxy) is 1. The van der Waals surface area contributed by atoms with Crippen LogP contribution in [0.3, 0.4) is 0 Å². The van der Waals surface area contributed by atoms with Crippen LogP contribution in [0.15, 0.2) is 22.8 Å². The van der Waals surface area contributed by atoms with Crippen LogP contribution in [0, 0.1) is 0 Å². The number of H-pyrrole nitrogens is 1. The number of rotatable bonds is 3. The van der Waals surface area contributed by atoms with E-state index in [1.165, 1.54) is 0 Å². The van der Waals surface area contributed by atoms with Crippen molar-refractivity contribution in [1.82, 2.24) is 25.7 Å². The van der Waals surface area contributed by atoms with E-state index in [0.29, 0.717) is 21.7 Å². The van der Waals surface area contributed by atoms with E-state index in [2.05, 4.69) is 47.0 Å². The Morgan fingerprint density at radius 1 is 1.57 bits per heavy atom. The van der Waals surface area contributed by atoms with Gasteiger partial charge in [-0.05, 0) is 47.2 Å². The van der Waals surface area contributed by atoms with E-state index >= 15 is 0 Å². The molecule has 2 aromatic heterocycles. The summed E-state index contributed by atoms with van der Waals surface area (Å²) in [6, 6.07) is 3.54. The molecule has 0 unspecified atom stereocenters. The Labute approximate surface area is 133 Å². The number of alkyl carbamates (subject to hydrolysis) is 1. The van der Waals surface area contributed by atoms with Crippen molar-refractivity contribution in [2.45, 2.75) is 6.92 Å². The molecule has 2 aromatic rings. The molecule has 0 radical (unpaired) electrons. The van der Waals surface area contributed by atoms with E-state index in [1.807, 2.05) is 0 Å². The Bertz CT molecular complexity index is 647. The second-order valence-corrected chi connectivity index (χ2v) is 4.87. The molecule has 0 saturated heterocycles. The summed E-state index contributed by atoms with van der Waals surface area (Å²) in [6.45, 7) is 1.96. The van der Waals surface area contributed by atoms with Gasteiger partial charge in [0, 0.05) is 6.20 Å². The molecular weight excluding hydrogens is 360 g/mol. The number of hydrogen-bond acceptors (Lipinski definition) is 6. The molecule has 0 aromatic carbocycles. The minimum atomic E-state index is -0.629. The number of thiocarbonyl (C=S) groups is 1. The van der Waals surface area contributed by atoms with Crippen LogP contribution in [0.2, 0.25) is 0 Å². The molecule has 8 nitrogen and oxygen atoms in total. The molecule has 0 aliphatic carbocycles. The molecule has 0 bridgehead atoms. The molecule has 2 heterocycles. The van der Waals surface area contributed by atoms with Crippen LogP contribution in [0.5, 0.6) is 0 Å². The Hall–Kier alpha value is -2.07. The van der Waals surface area contributed by atoms with Crippen LogP contribution >= 0.6 is 28.1 Å². The standard InChI is InChI=1S/C11H11BrN6O2S/c1-2-20-11(19)15-10(21)14-9-7(12)8(17-18-9)6-4-3-5-13-16-6/h3-5H,2H2,1H3,(H3,14,15,17,18,19,21). The molecule has 3 N–H and O–H groups in total. The third kappa shape index (κ3) is 3.95. The summed E-state index contributed by atoms with van der Waals surface area (Å²) < 4.78 is 5.34. The Morgan fingerprint density at radius 2 is 2.38 bits per heavy atom. The van der Waals surface area contributed by atoms with E-state index in [-0.39, 0.29) is 11.7 Å². The van der Waals surface area contributed by atoms with E-state index in [9.17, 15) is 4.79 Å². The fourth-order valence-electron chi connectivity index (χ4n) is 1.41. The third-order valence-electron chi connectivity index (χ3n) is 2.26. The molecule has 0 atom stereocenters. The van der Waals surface area contributed by atoms with Crippen molar-refractivity contribution in [3.05, 3.63) is 22.8 Å². The lowest BCUT2D eigenvalue weighted by Gasteiger charge is -2.07. The van der Waals surface area contributed by atoms with Crippen LogP contribution in [-0.2, 0) is 4.74 Å². The lowest BCUT2D eigenvalue weighted by molar-refractivity contribution is 0.158. The van der Waals surface area contributed by atoms with Crippen molar-refractivity contribution in [3.8, 4) is 11.4 Å². The highest BCUT2D eigenvalue weighted by molar-refractivity contribution is 9.10. The zero-order valence-electron chi connectivity index (χ0n) is 10.9. The fraction of sp³-hybridized carbons (Fsp3) is 0.182. The Morgan fingerprint density at radius 3 is 3.05 bits per heavy atom. The molecule has 0 fully saturated rings. The van der Waals surface area contributed by atoms with Crippen molar-refractivity contribution in [2.24, 2.45) is 0 Å². The van der Waals surface area contributed by atoms with Crippen molar-refractivity contribution >= 4 is 45.2 Å². The third-order valence-corrected chi connectivity index (χ3v) is 3.23. The highest BCUT2D eigenvalue weighted by atomic mass is 79.9. The maximum Gasteiger partial charge on any atom is 0.413 e. The molecule has 1 amide bonds. The predicted molar refractivity (Wildman–Crippen MR) is 83.7 cm³/mol. The van der Waals surface area contributed by atoms with Crippen LogP contribution in [-0.4, -0.2) is 38.2 Å². The monoisotopic (exact) mass is 370 g/mol. The first-order valence-corrected chi connectivity index (χ1v) is 7.08. The second-order valence-electron chi connectivity index (χ2n) is 3.67. The average molecular weight is 371 g/mol. The normalized spacial score (nSPS) is 10.0. The van der Waals surface area contributed by atoms with Gasteiger partial charge in [-0.15, -0.1) is 5.10 Å². The molecule has 2 rings (SSSR count). The fourth-order valence-corrected chi connectivity index (χ4v) is 2.07. The number of amides is 1. The lowest BCUT2D eigenvalue weighted by atomic mass is 10.3. The molecule has 110 valence electrons. The Kier molecular flexibility index (Phi) is 5.17. The van der Waals surface area contributed by atoms with Gasteiger partial charge in [0.25, 0.3) is 0 Å². The van der Waals surface area contributed by atoms with Crippen molar-refractivity contribution in [1.29, 1.82) is 0 Å². The van der Waals surface area contributed by atoms with Gasteiger partial charge in [-0.1, -0.05) is 0 Å². The predicted octanol–water partition coefficient (Wildman–Crippen LogP) is 2.07. The van der Waals surface area contributed by atoms with Gasteiger partial charge in [-0.25, -0.2) is 4.79 Å². The van der Waals surface area contributed by atoms with Gasteiger partial charge in [0.05, 0.1) is 11.1 Å². The number of anilines is 1. The zero-order chi connectivity index (χ0) is 15.2. The van der Waals surface area contributed by atoms with Crippen LogP contribution in [0.4, 0.5) is 10.6 Å². The zero-order valence-corrected chi connectivity index (χ0v) is 13.3. The van der Waals surface area contributed by atoms with Gasteiger partial charge in [-0.3, -0.25) is 10.4 Å². The molecule has 0 spiro atoms. The summed E-state index contributed by atoms with van der Waals surface area (Å²) >= 11 is 8.37. The summed E-state index contributed by atoms with van der Waals surface area (Å²) in [5, 5.41) is 19.8. The van der Waals surface area contributed by atoms with Crippen LogP contribution in [0.25, 0.3) is 11.4 Å². The number of nitrogens with one attached hydrogen (secondary N) is 3. The quantitative estimate of drug-likeness (QED) is 0.710. The summed E-state index contributed by atoms with van der Waals surface area (Å²) in [7, 11) is 0. The number of carbonyl (C=O) groups excluding carboxylic acids is 1. The largest absolute Gasteiger partial charge is 0.450 e. The number of carbonyl (C=O) groups is 1. The number of aromatic nitrogens is 4. The first kappa shape index (κ1) is 15.3. The van der Waals surface area contributed by atoms with Crippen molar-refractivity contribution in [3.63, 3.8) is 0 Å². The van der Waals surface area contributed by atoms with Gasteiger partial charge in [0.15, 0.2) is 10.9 Å². The topological polar surface area (TPSA) is 105 Å². The Balaban J connectivity index is 2.07. The van der Waals surface area contributed by atoms with Gasteiger partial charge in [0.2, 0.25) is 0 Å². The summed E-state index contributed by atoms with van der Waals surface area (Å²) in [5.74, 6) is 0.414. The van der Waals surface area contributed by atoms with Gasteiger partial charge in [0.1, 0.15) is 11.4 Å². The molecular formula is C11H11BrN6O2S. The summed E-state index contributed by atoms with van der Waals surface area (Å²) in [5.41, 5.74) is 1.26.